The first-order chi connectivity index (χ1) is 21.3. The minimum atomic E-state index is -0.242. The summed E-state index contributed by atoms with van der Waals surface area (Å²) in [5.74, 6) is -0.807. The summed E-state index contributed by atoms with van der Waals surface area (Å²) in [5, 5.41) is 17.7. The highest BCUT2D eigenvalue weighted by atomic mass is 32.1. The average Bonchev–Trinajstić information content (AvgIpc) is 3.77. The van der Waals surface area contributed by atoms with Crippen LogP contribution in [0.4, 0.5) is 11.4 Å². The van der Waals surface area contributed by atoms with Crippen molar-refractivity contribution >= 4 is 69.1 Å². The van der Waals surface area contributed by atoms with E-state index in [1.165, 1.54) is 22.7 Å². The number of carbonyl (C=O) groups excluding carboxylic acids is 4. The Hall–Kier alpha value is -4.94. The third kappa shape index (κ3) is 9.82. The second-order valence-electron chi connectivity index (χ2n) is 9.69. The van der Waals surface area contributed by atoms with E-state index >= 15 is 0 Å². The second kappa shape index (κ2) is 16.1. The number of nitrogens with zero attached hydrogens (tertiary/aromatic N) is 2. The first kappa shape index (κ1) is 32.0. The molecule has 4 aromatic rings. The van der Waals surface area contributed by atoms with E-state index in [0.29, 0.717) is 45.4 Å². The summed E-state index contributed by atoms with van der Waals surface area (Å²) in [6.45, 7) is 3.57. The van der Waals surface area contributed by atoms with Crippen molar-refractivity contribution in [2.75, 3.05) is 10.6 Å². The van der Waals surface area contributed by atoms with Gasteiger partial charge in [-0.1, -0.05) is 36.4 Å². The number of hydrogen-bond donors (Lipinski definition) is 4. The van der Waals surface area contributed by atoms with Crippen molar-refractivity contribution in [3.8, 4) is 0 Å². The lowest BCUT2D eigenvalue weighted by Crippen LogP contribution is -2.20. The third-order valence-electron chi connectivity index (χ3n) is 6.37. The molecule has 0 radical (unpaired) electrons. The number of rotatable bonds is 13. The van der Waals surface area contributed by atoms with Crippen molar-refractivity contribution in [3.05, 3.63) is 104 Å². The molecule has 0 aliphatic carbocycles. The van der Waals surface area contributed by atoms with Crippen LogP contribution in [0, 0.1) is 0 Å². The van der Waals surface area contributed by atoms with E-state index in [1.807, 2.05) is 47.2 Å². The third-order valence-corrected chi connectivity index (χ3v) is 8.10. The zero-order chi connectivity index (χ0) is 31.3. The van der Waals surface area contributed by atoms with Crippen LogP contribution in [0.25, 0.3) is 0 Å². The quantitative estimate of drug-likeness (QED) is 0.0788. The summed E-state index contributed by atoms with van der Waals surface area (Å²) in [6.07, 6.45) is 1.51. The normalized spacial score (nSPS) is 11.5. The number of hydrazone groups is 2. The van der Waals surface area contributed by atoms with E-state index in [-0.39, 0.29) is 36.5 Å². The molecule has 226 valence electrons. The molecular formula is C32H32N6O4S2. The number of carbonyl (C=O) groups is 4. The highest BCUT2D eigenvalue weighted by Crippen LogP contribution is 2.16. The Morgan fingerprint density at radius 1 is 0.591 bits per heavy atom. The molecule has 0 aliphatic rings. The molecule has 0 fully saturated rings. The van der Waals surface area contributed by atoms with Crippen LogP contribution in [0.15, 0.2) is 93.8 Å². The molecule has 0 saturated heterocycles. The van der Waals surface area contributed by atoms with Gasteiger partial charge in [0.15, 0.2) is 0 Å². The van der Waals surface area contributed by atoms with Gasteiger partial charge in [0.25, 0.3) is 11.8 Å². The highest BCUT2D eigenvalue weighted by molar-refractivity contribution is 7.12. The summed E-state index contributed by atoms with van der Waals surface area (Å²) in [7, 11) is 0. The van der Waals surface area contributed by atoms with Gasteiger partial charge in [-0.3, -0.25) is 19.2 Å². The van der Waals surface area contributed by atoms with E-state index < -0.39 is 0 Å². The molecule has 4 amide bonds. The van der Waals surface area contributed by atoms with Crippen molar-refractivity contribution in [3.63, 3.8) is 0 Å². The van der Waals surface area contributed by atoms with Gasteiger partial charge in [-0.25, -0.2) is 10.9 Å². The summed E-state index contributed by atoms with van der Waals surface area (Å²) in [6, 6.07) is 21.6. The molecule has 2 aromatic heterocycles. The van der Waals surface area contributed by atoms with Gasteiger partial charge < -0.3 is 10.6 Å². The molecular weight excluding hydrogens is 597 g/mol. The minimum Gasteiger partial charge on any atom is -0.321 e. The van der Waals surface area contributed by atoms with Gasteiger partial charge in [-0.05, 0) is 85.0 Å². The van der Waals surface area contributed by atoms with Gasteiger partial charge in [-0.2, -0.15) is 10.2 Å². The molecule has 0 unspecified atom stereocenters. The monoisotopic (exact) mass is 628 g/mol. The zero-order valence-electron chi connectivity index (χ0n) is 24.3. The van der Waals surface area contributed by atoms with Crippen LogP contribution >= 0.6 is 22.7 Å². The fourth-order valence-corrected chi connectivity index (χ4v) is 5.13. The lowest BCUT2D eigenvalue weighted by Gasteiger charge is -2.07. The Balaban J connectivity index is 1.12. The Morgan fingerprint density at radius 2 is 0.977 bits per heavy atom. The molecule has 44 heavy (non-hydrogen) atoms. The molecule has 12 heteroatoms. The first-order valence-corrected chi connectivity index (χ1v) is 15.6. The van der Waals surface area contributed by atoms with E-state index in [1.54, 1.807) is 50.2 Å². The maximum Gasteiger partial charge on any atom is 0.265 e. The van der Waals surface area contributed by atoms with E-state index in [2.05, 4.69) is 31.7 Å². The van der Waals surface area contributed by atoms with Gasteiger partial charge in [0.05, 0.1) is 21.2 Å². The van der Waals surface area contributed by atoms with Gasteiger partial charge in [0.2, 0.25) is 11.8 Å². The van der Waals surface area contributed by atoms with E-state index in [0.717, 1.165) is 11.1 Å². The largest absolute Gasteiger partial charge is 0.321 e. The van der Waals surface area contributed by atoms with Crippen LogP contribution in [0.3, 0.4) is 0 Å². The predicted molar refractivity (Wildman–Crippen MR) is 177 cm³/mol. The Labute approximate surface area is 263 Å². The van der Waals surface area contributed by atoms with E-state index in [4.69, 9.17) is 0 Å². The van der Waals surface area contributed by atoms with Gasteiger partial charge >= 0.3 is 0 Å². The van der Waals surface area contributed by atoms with Crippen LogP contribution < -0.4 is 21.5 Å². The Bertz CT molecular complexity index is 1510. The molecule has 2 aromatic carbocycles. The van der Waals surface area contributed by atoms with Gasteiger partial charge in [-0.15, -0.1) is 22.7 Å². The fourth-order valence-electron chi connectivity index (χ4n) is 3.89. The molecule has 0 atom stereocenters. The van der Waals surface area contributed by atoms with Crippen molar-refractivity contribution in [2.24, 2.45) is 10.2 Å². The number of amides is 4. The molecule has 2 heterocycles. The van der Waals surface area contributed by atoms with Crippen LogP contribution in [0.1, 0.15) is 70.0 Å². The molecule has 0 spiro atoms. The zero-order valence-corrected chi connectivity index (χ0v) is 25.9. The van der Waals surface area contributed by atoms with Crippen LogP contribution in [-0.2, 0) is 9.59 Å². The topological polar surface area (TPSA) is 141 Å². The molecule has 0 aliphatic heterocycles. The smallest absolute Gasteiger partial charge is 0.265 e. The molecule has 10 nitrogen and oxygen atoms in total. The lowest BCUT2D eigenvalue weighted by molar-refractivity contribution is -0.123. The maximum absolute atomic E-state index is 12.2. The van der Waals surface area contributed by atoms with E-state index in [9.17, 15) is 19.2 Å². The molecule has 4 rings (SSSR count). The first-order valence-electron chi connectivity index (χ1n) is 13.9. The van der Waals surface area contributed by atoms with Crippen molar-refractivity contribution in [1.29, 1.82) is 0 Å². The Morgan fingerprint density at radius 3 is 1.32 bits per heavy atom. The molecule has 0 bridgehead atoms. The average molecular weight is 629 g/mol. The number of unbranched alkanes of at least 4 members (excludes halogenated alkanes) is 1. The fraction of sp³-hybridized carbons (Fsp3) is 0.188. The van der Waals surface area contributed by atoms with Crippen molar-refractivity contribution < 1.29 is 19.2 Å². The van der Waals surface area contributed by atoms with Crippen LogP contribution in [0.5, 0.6) is 0 Å². The number of benzene rings is 2. The summed E-state index contributed by atoms with van der Waals surface area (Å²) in [4.78, 5) is 50.1. The highest BCUT2D eigenvalue weighted by Gasteiger charge is 2.09. The standard InChI is InChI=1S/C32H32N6O4S2/c1-21(23-11-15-25(16-12-23)33-31(41)27-7-5-19-43-27)35-37-29(39)9-3-4-10-30(40)38-36-22(2)24-13-17-26(18-14-24)34-32(42)28-8-6-20-44-28/h5-8,11-20H,3-4,9-10H2,1-2H3,(H,33,41)(H,34,42)(H,37,39)(H,38,40)/b35-21+,36-22+. The van der Waals surface area contributed by atoms with Crippen LogP contribution in [-0.4, -0.2) is 35.1 Å². The summed E-state index contributed by atoms with van der Waals surface area (Å²) >= 11 is 2.75. The molecule has 4 N–H and O–H groups in total. The predicted octanol–water partition coefficient (Wildman–Crippen LogP) is 6.26. The van der Waals surface area contributed by atoms with Gasteiger partial charge in [0.1, 0.15) is 0 Å². The van der Waals surface area contributed by atoms with Crippen molar-refractivity contribution in [1.82, 2.24) is 10.9 Å². The molecule has 0 saturated carbocycles. The number of thiophene rings is 2. The van der Waals surface area contributed by atoms with Crippen molar-refractivity contribution in [2.45, 2.75) is 39.5 Å². The second-order valence-corrected chi connectivity index (χ2v) is 11.6. The van der Waals surface area contributed by atoms with Crippen LogP contribution in [0.2, 0.25) is 0 Å². The van der Waals surface area contributed by atoms with Gasteiger partial charge in [0, 0.05) is 24.2 Å². The minimum absolute atomic E-state index is 0.161. The SMILES string of the molecule is C/C(=N\NC(=O)CCCCC(=O)N/N=C(\C)c1ccc(NC(=O)c2cccs2)cc1)c1ccc(NC(=O)c2cccs2)cc1. The number of hydrogen-bond acceptors (Lipinski definition) is 8. The summed E-state index contributed by atoms with van der Waals surface area (Å²) in [5.41, 5.74) is 9.30. The summed E-state index contributed by atoms with van der Waals surface area (Å²) < 4.78 is 0. The maximum atomic E-state index is 12.2. The lowest BCUT2D eigenvalue weighted by atomic mass is 10.1. The number of nitrogens with one attached hydrogen (secondary N) is 4. The Kier molecular flexibility index (Phi) is 11.7. The number of anilines is 2.